The van der Waals surface area contributed by atoms with Gasteiger partial charge in [-0.05, 0) is 50.2 Å². The van der Waals surface area contributed by atoms with Crippen molar-refractivity contribution < 1.29 is 9.72 Å². The Labute approximate surface area is 174 Å². The number of nitro benzene ring substituents is 1. The molecule has 1 aliphatic heterocycles. The molecule has 29 heavy (non-hydrogen) atoms. The van der Waals surface area contributed by atoms with Crippen LogP contribution < -0.4 is 10.6 Å². The summed E-state index contributed by atoms with van der Waals surface area (Å²) < 4.78 is 0. The first-order valence-corrected chi connectivity index (χ1v) is 9.64. The second kappa shape index (κ2) is 8.40. The van der Waals surface area contributed by atoms with Gasteiger partial charge in [0.15, 0.2) is 5.11 Å². The van der Waals surface area contributed by atoms with Gasteiger partial charge in [0.25, 0.3) is 11.6 Å². The average molecular weight is 410 g/mol. The van der Waals surface area contributed by atoms with Crippen molar-refractivity contribution >= 4 is 34.6 Å². The predicted molar refractivity (Wildman–Crippen MR) is 116 cm³/mol. The van der Waals surface area contributed by atoms with E-state index in [9.17, 15) is 14.9 Å². The molecule has 0 radical (unpaired) electrons. The van der Waals surface area contributed by atoms with Gasteiger partial charge in [-0.15, -0.1) is 0 Å². The van der Waals surface area contributed by atoms with Gasteiger partial charge in [-0.2, -0.15) is 0 Å². The van der Waals surface area contributed by atoms with Gasteiger partial charge in [-0.25, -0.2) is 0 Å². The number of para-hydroxylation sites is 1. The topological polar surface area (TPSA) is 87.5 Å². The first-order chi connectivity index (χ1) is 13.8. The van der Waals surface area contributed by atoms with Crippen LogP contribution in [0.5, 0.6) is 0 Å². The Morgan fingerprint density at radius 2 is 1.97 bits per heavy atom. The molecule has 0 fully saturated rings. The number of carbonyl (C=O) groups excluding carboxylic acids is 1. The molecule has 2 N–H and O–H groups in total. The number of rotatable bonds is 5. The second-order valence-electron chi connectivity index (χ2n) is 6.75. The molecule has 2 aromatic rings. The van der Waals surface area contributed by atoms with Gasteiger partial charge in [-0.3, -0.25) is 14.9 Å². The lowest BCUT2D eigenvalue weighted by Crippen LogP contribution is -2.48. The summed E-state index contributed by atoms with van der Waals surface area (Å²) in [7, 11) is 0. The molecule has 0 unspecified atom stereocenters. The summed E-state index contributed by atoms with van der Waals surface area (Å²) >= 11 is 5.47. The maximum Gasteiger partial charge on any atom is 0.269 e. The number of amides is 1. The van der Waals surface area contributed by atoms with Crippen molar-refractivity contribution in [3.63, 3.8) is 0 Å². The van der Waals surface area contributed by atoms with Gasteiger partial charge in [0.1, 0.15) is 0 Å². The monoisotopic (exact) mass is 410 g/mol. The SMILES string of the molecule is CCN1C(=S)N[C@@H](c2cccc([N+](=O)[O-])c2)C(C(=O)Nc2ccccc2C)=C1C. The molecule has 0 saturated heterocycles. The number of hydrogen-bond donors (Lipinski definition) is 2. The number of nitro groups is 1. The van der Waals surface area contributed by atoms with E-state index in [0.717, 1.165) is 11.3 Å². The first kappa shape index (κ1) is 20.5. The number of carbonyl (C=O) groups is 1. The Morgan fingerprint density at radius 1 is 1.24 bits per heavy atom. The number of non-ortho nitro benzene ring substituents is 1. The number of benzene rings is 2. The fraction of sp³-hybridized carbons (Fsp3) is 0.238. The molecule has 1 aliphatic rings. The van der Waals surface area contributed by atoms with Crippen molar-refractivity contribution in [2.45, 2.75) is 26.8 Å². The molecular formula is C21H22N4O3S. The number of aryl methyl sites for hydroxylation is 1. The Balaban J connectivity index is 2.07. The predicted octanol–water partition coefficient (Wildman–Crippen LogP) is 4.07. The van der Waals surface area contributed by atoms with Crippen LogP contribution >= 0.6 is 12.2 Å². The Hall–Kier alpha value is -3.26. The van der Waals surface area contributed by atoms with Crippen LogP contribution in [0.3, 0.4) is 0 Å². The van der Waals surface area contributed by atoms with E-state index in [-0.39, 0.29) is 11.6 Å². The molecule has 1 amide bonds. The summed E-state index contributed by atoms with van der Waals surface area (Å²) in [4.78, 5) is 25.9. The van der Waals surface area contributed by atoms with Gasteiger partial charge in [-0.1, -0.05) is 30.3 Å². The molecule has 0 bridgehead atoms. The number of thiocarbonyl (C=S) groups is 1. The fourth-order valence-electron chi connectivity index (χ4n) is 3.43. The highest BCUT2D eigenvalue weighted by Gasteiger charge is 2.34. The summed E-state index contributed by atoms with van der Waals surface area (Å²) in [5, 5.41) is 17.8. The van der Waals surface area contributed by atoms with Crippen molar-refractivity contribution in [3.8, 4) is 0 Å². The molecule has 2 aromatic carbocycles. The highest BCUT2D eigenvalue weighted by molar-refractivity contribution is 7.80. The summed E-state index contributed by atoms with van der Waals surface area (Å²) in [6.45, 7) is 6.30. The van der Waals surface area contributed by atoms with Crippen LogP contribution in [0, 0.1) is 17.0 Å². The normalized spacial score (nSPS) is 16.4. The van der Waals surface area contributed by atoms with Gasteiger partial charge in [0.2, 0.25) is 0 Å². The molecule has 1 atom stereocenters. The van der Waals surface area contributed by atoms with Crippen LogP contribution in [0.2, 0.25) is 0 Å². The summed E-state index contributed by atoms with van der Waals surface area (Å²) in [5.41, 5.74) is 3.42. The minimum atomic E-state index is -0.589. The van der Waals surface area contributed by atoms with Crippen molar-refractivity contribution in [1.82, 2.24) is 10.2 Å². The third-order valence-electron chi connectivity index (χ3n) is 4.96. The Bertz CT molecular complexity index is 1020. The van der Waals surface area contributed by atoms with Crippen LogP contribution in [-0.2, 0) is 4.79 Å². The second-order valence-corrected chi connectivity index (χ2v) is 7.13. The van der Waals surface area contributed by atoms with Crippen LogP contribution in [0.25, 0.3) is 0 Å². The van der Waals surface area contributed by atoms with Crippen molar-refractivity contribution in [1.29, 1.82) is 0 Å². The van der Waals surface area contributed by atoms with Gasteiger partial charge >= 0.3 is 0 Å². The Morgan fingerprint density at radius 3 is 2.62 bits per heavy atom. The van der Waals surface area contributed by atoms with Crippen molar-refractivity contribution in [3.05, 3.63) is 81.0 Å². The minimum Gasteiger partial charge on any atom is -0.351 e. The van der Waals surface area contributed by atoms with Crippen molar-refractivity contribution in [2.24, 2.45) is 0 Å². The minimum absolute atomic E-state index is 0.0375. The molecule has 8 heteroatoms. The third-order valence-corrected chi connectivity index (χ3v) is 5.30. The maximum atomic E-state index is 13.3. The van der Waals surface area contributed by atoms with E-state index in [0.29, 0.717) is 28.5 Å². The van der Waals surface area contributed by atoms with Gasteiger partial charge in [0, 0.05) is 30.1 Å². The molecule has 7 nitrogen and oxygen atoms in total. The van der Waals surface area contributed by atoms with E-state index in [1.165, 1.54) is 12.1 Å². The number of anilines is 1. The first-order valence-electron chi connectivity index (χ1n) is 9.23. The lowest BCUT2D eigenvalue weighted by Gasteiger charge is -2.37. The van der Waals surface area contributed by atoms with E-state index in [1.807, 2.05) is 49.9 Å². The van der Waals surface area contributed by atoms with Crippen LogP contribution in [0.4, 0.5) is 11.4 Å². The lowest BCUT2D eigenvalue weighted by atomic mass is 9.93. The van der Waals surface area contributed by atoms with E-state index in [1.54, 1.807) is 12.1 Å². The zero-order chi connectivity index (χ0) is 21.1. The van der Waals surface area contributed by atoms with Crippen molar-refractivity contribution in [2.75, 3.05) is 11.9 Å². The van der Waals surface area contributed by atoms with Gasteiger partial charge < -0.3 is 15.5 Å². The van der Waals surface area contributed by atoms with E-state index in [2.05, 4.69) is 10.6 Å². The molecule has 0 aromatic heterocycles. The molecule has 0 spiro atoms. The summed E-state index contributed by atoms with van der Waals surface area (Å²) in [6, 6.07) is 13.2. The quantitative estimate of drug-likeness (QED) is 0.439. The highest BCUT2D eigenvalue weighted by Crippen LogP contribution is 2.33. The smallest absolute Gasteiger partial charge is 0.269 e. The number of nitrogens with zero attached hydrogens (tertiary/aromatic N) is 2. The number of allylic oxidation sites excluding steroid dienone is 1. The van der Waals surface area contributed by atoms with Crippen LogP contribution in [0.1, 0.15) is 31.0 Å². The number of nitrogens with one attached hydrogen (secondary N) is 2. The molecule has 1 heterocycles. The standard InChI is InChI=1S/C21H22N4O3S/c1-4-24-14(3)18(20(26)22-17-11-6-5-8-13(17)2)19(23-21(24)29)15-9-7-10-16(12-15)25(27)28/h5-12,19H,4H2,1-3H3,(H,22,26)(H,23,29)/t19-/m0/s1. The molecule has 3 rings (SSSR count). The third kappa shape index (κ3) is 4.12. The fourth-order valence-corrected chi connectivity index (χ4v) is 3.81. The lowest BCUT2D eigenvalue weighted by molar-refractivity contribution is -0.384. The molecular weight excluding hydrogens is 388 g/mol. The highest BCUT2D eigenvalue weighted by atomic mass is 32.1. The van der Waals surface area contributed by atoms with Crippen LogP contribution in [-0.4, -0.2) is 27.4 Å². The average Bonchev–Trinajstić information content (AvgIpc) is 2.69. The summed E-state index contributed by atoms with van der Waals surface area (Å²) in [5.74, 6) is -0.276. The van der Waals surface area contributed by atoms with Gasteiger partial charge in [0.05, 0.1) is 16.5 Å². The van der Waals surface area contributed by atoms with E-state index < -0.39 is 11.0 Å². The summed E-state index contributed by atoms with van der Waals surface area (Å²) in [6.07, 6.45) is 0. The van der Waals surface area contributed by atoms with Crippen LogP contribution in [0.15, 0.2) is 59.8 Å². The number of hydrogen-bond acceptors (Lipinski definition) is 4. The zero-order valence-electron chi connectivity index (χ0n) is 16.4. The Kier molecular flexibility index (Phi) is 5.93. The maximum absolute atomic E-state index is 13.3. The van der Waals surface area contributed by atoms with E-state index in [4.69, 9.17) is 12.2 Å². The zero-order valence-corrected chi connectivity index (χ0v) is 17.2. The molecule has 150 valence electrons. The van der Waals surface area contributed by atoms with E-state index >= 15 is 0 Å². The molecule has 0 aliphatic carbocycles. The molecule has 0 saturated carbocycles. The largest absolute Gasteiger partial charge is 0.351 e.